The van der Waals surface area contributed by atoms with Crippen LogP contribution < -0.4 is 5.32 Å². The summed E-state index contributed by atoms with van der Waals surface area (Å²) in [5.41, 5.74) is 0.564. The fraction of sp³-hybridized carbons (Fsp3) is 0.500. The molecular weight excluding hydrogens is 299 g/mol. The van der Waals surface area contributed by atoms with Gasteiger partial charge < -0.3 is 15.3 Å². The van der Waals surface area contributed by atoms with Gasteiger partial charge in [0, 0.05) is 24.2 Å². The molecule has 0 saturated heterocycles. The fourth-order valence-corrected chi connectivity index (χ4v) is 2.46. The molecule has 110 valence electrons. The number of carbonyl (C=O) groups excluding carboxylic acids is 1. The van der Waals surface area contributed by atoms with Gasteiger partial charge in [-0.1, -0.05) is 23.2 Å². The molecule has 0 aliphatic heterocycles. The van der Waals surface area contributed by atoms with Crippen molar-refractivity contribution < 1.29 is 9.90 Å². The van der Waals surface area contributed by atoms with Crippen LogP contribution in [0.4, 0.5) is 10.5 Å². The van der Waals surface area contributed by atoms with Gasteiger partial charge in [-0.2, -0.15) is 0 Å². The molecule has 0 heterocycles. The molecule has 0 spiro atoms. The molecule has 0 bridgehead atoms. The summed E-state index contributed by atoms with van der Waals surface area (Å²) in [6.45, 7) is 0.811. The molecule has 6 heteroatoms. The molecular formula is C14H18Cl2N2O2. The number of rotatable bonds is 6. The molecule has 1 aromatic rings. The lowest BCUT2D eigenvalue weighted by Gasteiger charge is -2.23. The molecule has 0 radical (unpaired) electrons. The van der Waals surface area contributed by atoms with Crippen LogP contribution in [0.3, 0.4) is 0 Å². The maximum absolute atomic E-state index is 12.3. The molecule has 1 saturated carbocycles. The van der Waals surface area contributed by atoms with Gasteiger partial charge in [-0.25, -0.2) is 4.79 Å². The summed E-state index contributed by atoms with van der Waals surface area (Å²) >= 11 is 11.9. The van der Waals surface area contributed by atoms with Crippen molar-refractivity contribution in [2.45, 2.75) is 31.7 Å². The molecule has 0 aromatic heterocycles. The van der Waals surface area contributed by atoms with Crippen molar-refractivity contribution in [2.24, 2.45) is 0 Å². The number of urea groups is 1. The van der Waals surface area contributed by atoms with Gasteiger partial charge in [0.15, 0.2) is 0 Å². The van der Waals surface area contributed by atoms with E-state index in [1.165, 1.54) is 0 Å². The summed E-state index contributed by atoms with van der Waals surface area (Å²) in [5, 5.41) is 12.6. The highest BCUT2D eigenvalue weighted by Gasteiger charge is 2.32. The minimum Gasteiger partial charge on any atom is -0.396 e. The Morgan fingerprint density at radius 1 is 1.35 bits per heavy atom. The van der Waals surface area contributed by atoms with E-state index in [0.717, 1.165) is 19.3 Å². The third kappa shape index (κ3) is 4.27. The van der Waals surface area contributed by atoms with Crippen LogP contribution in [-0.2, 0) is 0 Å². The second-order valence-corrected chi connectivity index (χ2v) is 5.75. The van der Waals surface area contributed by atoms with Gasteiger partial charge in [0.2, 0.25) is 0 Å². The molecule has 4 nitrogen and oxygen atoms in total. The number of carbonyl (C=O) groups is 1. The smallest absolute Gasteiger partial charge is 0.322 e. The van der Waals surface area contributed by atoms with Crippen LogP contribution in [0.25, 0.3) is 0 Å². The Morgan fingerprint density at radius 2 is 2.10 bits per heavy atom. The number of halogens is 2. The summed E-state index contributed by atoms with van der Waals surface area (Å²) in [7, 11) is 0. The van der Waals surface area contributed by atoms with E-state index in [1.54, 1.807) is 18.2 Å². The van der Waals surface area contributed by atoms with E-state index < -0.39 is 0 Å². The van der Waals surface area contributed by atoms with Crippen molar-refractivity contribution >= 4 is 34.9 Å². The van der Waals surface area contributed by atoms with Crippen LogP contribution in [-0.4, -0.2) is 35.2 Å². The van der Waals surface area contributed by atoms with Crippen LogP contribution in [0, 0.1) is 0 Å². The Bertz CT molecular complexity index is 478. The molecule has 20 heavy (non-hydrogen) atoms. The zero-order valence-electron chi connectivity index (χ0n) is 11.1. The van der Waals surface area contributed by atoms with Crippen molar-refractivity contribution in [3.05, 3.63) is 28.2 Å². The van der Waals surface area contributed by atoms with Gasteiger partial charge in [-0.05, 0) is 43.9 Å². The molecule has 0 unspecified atom stereocenters. The number of aliphatic hydroxyl groups excluding tert-OH is 1. The number of nitrogens with one attached hydrogen (secondary N) is 1. The van der Waals surface area contributed by atoms with Crippen LogP contribution >= 0.6 is 23.2 Å². The summed E-state index contributed by atoms with van der Waals surface area (Å²) in [6.07, 6.45) is 3.59. The Hall–Kier alpha value is -0.970. The Kier molecular flexibility index (Phi) is 5.52. The van der Waals surface area contributed by atoms with Gasteiger partial charge in [0.05, 0.1) is 10.7 Å². The highest BCUT2D eigenvalue weighted by Crippen LogP contribution is 2.29. The Morgan fingerprint density at radius 3 is 2.70 bits per heavy atom. The number of anilines is 1. The molecule has 2 amide bonds. The quantitative estimate of drug-likeness (QED) is 0.785. The van der Waals surface area contributed by atoms with Gasteiger partial charge in [-0.15, -0.1) is 0 Å². The van der Waals surface area contributed by atoms with Gasteiger partial charge in [-0.3, -0.25) is 0 Å². The van der Waals surface area contributed by atoms with Crippen LogP contribution in [0.1, 0.15) is 25.7 Å². The molecule has 1 aliphatic carbocycles. The minimum absolute atomic E-state index is 0.144. The number of amides is 2. The number of hydrogen-bond donors (Lipinski definition) is 2. The SMILES string of the molecule is O=C(Nc1ccc(Cl)cc1Cl)N(CCCCO)C1CC1. The molecule has 1 aliphatic rings. The first-order chi connectivity index (χ1) is 9.61. The maximum Gasteiger partial charge on any atom is 0.322 e. The van der Waals surface area contributed by atoms with Crippen molar-refractivity contribution in [3.8, 4) is 0 Å². The first kappa shape index (κ1) is 15.4. The van der Waals surface area contributed by atoms with Crippen molar-refractivity contribution in [3.63, 3.8) is 0 Å². The molecule has 1 fully saturated rings. The number of aliphatic hydroxyl groups is 1. The van der Waals surface area contributed by atoms with E-state index >= 15 is 0 Å². The first-order valence-electron chi connectivity index (χ1n) is 6.75. The lowest BCUT2D eigenvalue weighted by molar-refractivity contribution is 0.204. The summed E-state index contributed by atoms with van der Waals surface area (Å²) < 4.78 is 0. The number of unbranched alkanes of at least 4 members (excludes halogenated alkanes) is 1. The Labute approximate surface area is 128 Å². The van der Waals surface area contributed by atoms with E-state index in [4.69, 9.17) is 28.3 Å². The number of benzene rings is 1. The third-order valence-electron chi connectivity index (χ3n) is 3.23. The standard InChI is InChI=1S/C14H18Cl2N2O2/c15-10-3-6-13(12(16)9-10)17-14(20)18(11-4-5-11)7-1-2-8-19/h3,6,9,11,19H,1-2,4-5,7-8H2,(H,17,20). The zero-order chi connectivity index (χ0) is 14.5. The highest BCUT2D eigenvalue weighted by atomic mass is 35.5. The second-order valence-electron chi connectivity index (χ2n) is 4.91. The van der Waals surface area contributed by atoms with Crippen molar-refractivity contribution in [1.82, 2.24) is 4.90 Å². The largest absolute Gasteiger partial charge is 0.396 e. The highest BCUT2D eigenvalue weighted by molar-refractivity contribution is 6.36. The molecule has 2 N–H and O–H groups in total. The lowest BCUT2D eigenvalue weighted by atomic mass is 10.3. The number of nitrogens with zero attached hydrogens (tertiary/aromatic N) is 1. The zero-order valence-corrected chi connectivity index (χ0v) is 12.6. The molecule has 0 atom stereocenters. The monoisotopic (exact) mass is 316 g/mol. The molecule has 2 rings (SSSR count). The Balaban J connectivity index is 1.97. The number of hydrogen-bond acceptors (Lipinski definition) is 2. The third-order valence-corrected chi connectivity index (χ3v) is 3.78. The fourth-order valence-electron chi connectivity index (χ4n) is 2.01. The predicted molar refractivity (Wildman–Crippen MR) is 81.5 cm³/mol. The normalized spacial score (nSPS) is 14.2. The summed E-state index contributed by atoms with van der Waals surface area (Å²) in [6, 6.07) is 5.17. The lowest BCUT2D eigenvalue weighted by Crippen LogP contribution is -2.37. The maximum atomic E-state index is 12.3. The molecule has 1 aromatic carbocycles. The van der Waals surface area contributed by atoms with Crippen LogP contribution in [0.15, 0.2) is 18.2 Å². The van der Waals surface area contributed by atoms with E-state index in [0.29, 0.717) is 34.7 Å². The predicted octanol–water partition coefficient (Wildman–Crippen LogP) is 3.76. The topological polar surface area (TPSA) is 52.6 Å². The van der Waals surface area contributed by atoms with Crippen LogP contribution in [0.2, 0.25) is 10.0 Å². The van der Waals surface area contributed by atoms with Gasteiger partial charge in [0.1, 0.15) is 0 Å². The van der Waals surface area contributed by atoms with Crippen molar-refractivity contribution in [1.29, 1.82) is 0 Å². The van der Waals surface area contributed by atoms with E-state index in [9.17, 15) is 4.79 Å². The summed E-state index contributed by atoms with van der Waals surface area (Å²) in [5.74, 6) is 0. The first-order valence-corrected chi connectivity index (χ1v) is 7.51. The van der Waals surface area contributed by atoms with E-state index in [1.807, 2.05) is 4.90 Å². The van der Waals surface area contributed by atoms with Crippen LogP contribution in [0.5, 0.6) is 0 Å². The van der Waals surface area contributed by atoms with E-state index in [-0.39, 0.29) is 12.6 Å². The minimum atomic E-state index is -0.144. The van der Waals surface area contributed by atoms with Crippen molar-refractivity contribution in [2.75, 3.05) is 18.5 Å². The van der Waals surface area contributed by atoms with Gasteiger partial charge in [0.25, 0.3) is 0 Å². The second kappa shape index (κ2) is 7.16. The summed E-state index contributed by atoms with van der Waals surface area (Å²) in [4.78, 5) is 14.1. The van der Waals surface area contributed by atoms with E-state index in [2.05, 4.69) is 5.32 Å². The van der Waals surface area contributed by atoms with Gasteiger partial charge >= 0.3 is 6.03 Å². The average Bonchev–Trinajstić information content (AvgIpc) is 3.22. The average molecular weight is 317 g/mol.